The lowest BCUT2D eigenvalue weighted by Crippen LogP contribution is -2.21. The predicted molar refractivity (Wildman–Crippen MR) is 62.3 cm³/mol. The molecule has 1 nitrogen and oxygen atoms in total. The predicted octanol–water partition coefficient (Wildman–Crippen LogP) is 3.57. The third-order valence-electron chi connectivity index (χ3n) is 2.83. The molecule has 76 valence electrons. The van der Waals surface area contributed by atoms with Gasteiger partial charge in [-0.1, -0.05) is 31.0 Å². The van der Waals surface area contributed by atoms with Crippen molar-refractivity contribution < 1.29 is 0 Å². The van der Waals surface area contributed by atoms with E-state index in [1.165, 1.54) is 30.6 Å². The van der Waals surface area contributed by atoms with Crippen molar-refractivity contribution in [2.45, 2.75) is 36.6 Å². The van der Waals surface area contributed by atoms with Crippen LogP contribution in [0.1, 0.15) is 25.7 Å². The minimum atomic E-state index is 0.792. The topological polar surface area (TPSA) is 3.24 Å². The molecule has 0 atom stereocenters. The fraction of sp³-hybridized carbons (Fsp3) is 0.500. The van der Waals surface area contributed by atoms with Crippen LogP contribution in [0.5, 0.6) is 0 Å². The zero-order valence-corrected chi connectivity index (χ0v) is 9.46. The van der Waals surface area contributed by atoms with Crippen LogP contribution in [-0.2, 0) is 0 Å². The van der Waals surface area contributed by atoms with Crippen molar-refractivity contribution in [3.63, 3.8) is 0 Å². The second kappa shape index (κ2) is 4.85. The Bertz CT molecular complexity index is 267. The lowest BCUT2D eigenvalue weighted by Gasteiger charge is -2.22. The molecular weight excluding hydrogens is 190 g/mol. The van der Waals surface area contributed by atoms with Gasteiger partial charge in [-0.05, 0) is 44.0 Å². The molecular formula is C12H17NS. The van der Waals surface area contributed by atoms with Crippen LogP contribution in [-0.4, -0.2) is 17.4 Å². The fourth-order valence-corrected chi connectivity index (χ4v) is 2.96. The Labute approximate surface area is 90.6 Å². The third kappa shape index (κ3) is 2.52. The van der Waals surface area contributed by atoms with E-state index in [2.05, 4.69) is 41.7 Å². The maximum absolute atomic E-state index is 2.42. The van der Waals surface area contributed by atoms with E-state index in [1.54, 1.807) is 0 Å². The van der Waals surface area contributed by atoms with Crippen LogP contribution in [0.2, 0.25) is 0 Å². The fourth-order valence-electron chi connectivity index (χ4n) is 1.99. The summed E-state index contributed by atoms with van der Waals surface area (Å²) < 4.78 is 2.42. The van der Waals surface area contributed by atoms with Gasteiger partial charge < -0.3 is 0 Å². The first-order valence-corrected chi connectivity index (χ1v) is 6.09. The van der Waals surface area contributed by atoms with Gasteiger partial charge in [0.2, 0.25) is 0 Å². The van der Waals surface area contributed by atoms with Gasteiger partial charge in [-0.2, -0.15) is 0 Å². The van der Waals surface area contributed by atoms with E-state index in [9.17, 15) is 0 Å². The molecule has 1 fully saturated rings. The van der Waals surface area contributed by atoms with Crippen molar-refractivity contribution in [2.75, 3.05) is 7.05 Å². The number of rotatable bonds is 3. The molecule has 0 N–H and O–H groups in total. The molecule has 1 aliphatic carbocycles. The van der Waals surface area contributed by atoms with E-state index in [0.717, 1.165) is 6.04 Å². The van der Waals surface area contributed by atoms with Crippen molar-refractivity contribution in [3.8, 4) is 0 Å². The monoisotopic (exact) mass is 207 g/mol. The summed E-state index contributed by atoms with van der Waals surface area (Å²) in [6.45, 7) is 0. The SMILES string of the molecule is CN(Sc1ccccc1)C1CCCC1. The molecule has 0 amide bonds. The van der Waals surface area contributed by atoms with Gasteiger partial charge in [0.15, 0.2) is 0 Å². The maximum atomic E-state index is 2.42. The highest BCUT2D eigenvalue weighted by Gasteiger charge is 2.19. The summed E-state index contributed by atoms with van der Waals surface area (Å²) in [4.78, 5) is 1.35. The molecule has 1 aromatic carbocycles. The standard InChI is InChI=1S/C12H17NS/c1-13(11-7-5-6-8-11)14-12-9-3-2-4-10-12/h2-4,9-11H,5-8H2,1H3. The Hall–Kier alpha value is -0.470. The quantitative estimate of drug-likeness (QED) is 0.697. The summed E-state index contributed by atoms with van der Waals surface area (Å²) in [7, 11) is 2.22. The lowest BCUT2D eigenvalue weighted by atomic mass is 10.3. The second-order valence-electron chi connectivity index (χ2n) is 3.89. The Morgan fingerprint density at radius 3 is 2.43 bits per heavy atom. The van der Waals surface area contributed by atoms with Crippen molar-refractivity contribution in [1.82, 2.24) is 4.31 Å². The number of nitrogens with zero attached hydrogens (tertiary/aromatic N) is 1. The zero-order chi connectivity index (χ0) is 9.80. The van der Waals surface area contributed by atoms with E-state index in [1.807, 2.05) is 11.9 Å². The Kier molecular flexibility index (Phi) is 3.49. The van der Waals surface area contributed by atoms with Gasteiger partial charge in [0.05, 0.1) is 0 Å². The van der Waals surface area contributed by atoms with Crippen molar-refractivity contribution >= 4 is 11.9 Å². The summed E-state index contributed by atoms with van der Waals surface area (Å²) in [6.07, 6.45) is 5.56. The molecule has 1 aliphatic rings. The van der Waals surface area contributed by atoms with Gasteiger partial charge in [-0.25, -0.2) is 4.31 Å². The second-order valence-corrected chi connectivity index (χ2v) is 5.12. The van der Waals surface area contributed by atoms with Crippen LogP contribution in [0, 0.1) is 0 Å². The normalized spacial score (nSPS) is 17.9. The van der Waals surface area contributed by atoms with Gasteiger partial charge in [0.1, 0.15) is 0 Å². The smallest absolute Gasteiger partial charge is 0.0230 e. The first-order chi connectivity index (χ1) is 6.86. The molecule has 0 heterocycles. The Balaban J connectivity index is 1.90. The number of benzene rings is 1. The molecule has 0 radical (unpaired) electrons. The minimum absolute atomic E-state index is 0.792. The lowest BCUT2D eigenvalue weighted by molar-refractivity contribution is 0.416. The molecule has 0 bridgehead atoms. The van der Waals surface area contributed by atoms with Gasteiger partial charge in [0.25, 0.3) is 0 Å². The number of hydrogen-bond acceptors (Lipinski definition) is 2. The van der Waals surface area contributed by atoms with Crippen LogP contribution >= 0.6 is 11.9 Å². The Morgan fingerprint density at radius 1 is 1.14 bits per heavy atom. The highest BCUT2D eigenvalue weighted by atomic mass is 32.2. The van der Waals surface area contributed by atoms with Crippen molar-refractivity contribution in [2.24, 2.45) is 0 Å². The highest BCUT2D eigenvalue weighted by Crippen LogP contribution is 2.30. The van der Waals surface area contributed by atoms with Gasteiger partial charge in [-0.3, -0.25) is 0 Å². The van der Waals surface area contributed by atoms with Crippen LogP contribution in [0.25, 0.3) is 0 Å². The van der Waals surface area contributed by atoms with Gasteiger partial charge >= 0.3 is 0 Å². The Morgan fingerprint density at radius 2 is 1.79 bits per heavy atom. The summed E-state index contributed by atoms with van der Waals surface area (Å²) in [6, 6.07) is 11.4. The third-order valence-corrected chi connectivity index (χ3v) is 3.90. The molecule has 0 spiro atoms. The van der Waals surface area contributed by atoms with E-state index in [4.69, 9.17) is 0 Å². The summed E-state index contributed by atoms with van der Waals surface area (Å²) in [5, 5.41) is 0. The molecule has 14 heavy (non-hydrogen) atoms. The number of hydrogen-bond donors (Lipinski definition) is 0. The first kappa shape index (κ1) is 10.1. The summed E-state index contributed by atoms with van der Waals surface area (Å²) in [5.74, 6) is 0. The molecule has 1 saturated carbocycles. The summed E-state index contributed by atoms with van der Waals surface area (Å²) in [5.41, 5.74) is 0. The molecule has 2 heteroatoms. The molecule has 0 aromatic heterocycles. The molecule has 2 rings (SSSR count). The molecule has 0 unspecified atom stereocenters. The zero-order valence-electron chi connectivity index (χ0n) is 8.65. The van der Waals surface area contributed by atoms with E-state index < -0.39 is 0 Å². The molecule has 0 saturated heterocycles. The minimum Gasteiger partial charge on any atom is -0.246 e. The average Bonchev–Trinajstić information content (AvgIpc) is 2.72. The van der Waals surface area contributed by atoms with Crippen LogP contribution < -0.4 is 0 Å². The van der Waals surface area contributed by atoms with Crippen molar-refractivity contribution in [3.05, 3.63) is 30.3 Å². The van der Waals surface area contributed by atoms with Gasteiger partial charge in [0, 0.05) is 10.9 Å². The van der Waals surface area contributed by atoms with Crippen LogP contribution in [0.3, 0.4) is 0 Å². The average molecular weight is 207 g/mol. The maximum Gasteiger partial charge on any atom is 0.0230 e. The van der Waals surface area contributed by atoms with Crippen LogP contribution in [0.4, 0.5) is 0 Å². The molecule has 1 aromatic rings. The van der Waals surface area contributed by atoms with E-state index in [-0.39, 0.29) is 0 Å². The largest absolute Gasteiger partial charge is 0.246 e. The summed E-state index contributed by atoms with van der Waals surface area (Å²) >= 11 is 1.87. The molecule has 0 aliphatic heterocycles. The first-order valence-electron chi connectivity index (χ1n) is 5.32. The van der Waals surface area contributed by atoms with Crippen LogP contribution in [0.15, 0.2) is 35.2 Å². The van der Waals surface area contributed by atoms with Crippen molar-refractivity contribution in [1.29, 1.82) is 0 Å². The highest BCUT2D eigenvalue weighted by molar-refractivity contribution is 7.97. The van der Waals surface area contributed by atoms with E-state index >= 15 is 0 Å². The van der Waals surface area contributed by atoms with Gasteiger partial charge in [-0.15, -0.1) is 0 Å². The van der Waals surface area contributed by atoms with E-state index in [0.29, 0.717) is 0 Å².